The molecular weight excluding hydrogens is 288 g/mol. The van der Waals surface area contributed by atoms with Crippen molar-refractivity contribution in [3.05, 3.63) is 33.3 Å². The van der Waals surface area contributed by atoms with E-state index in [1.165, 1.54) is 0 Å². The zero-order valence-corrected chi connectivity index (χ0v) is 12.0. The van der Waals surface area contributed by atoms with Crippen LogP contribution in [0.25, 0.3) is 0 Å². The molecule has 0 spiro atoms. The first-order chi connectivity index (χ1) is 7.61. The summed E-state index contributed by atoms with van der Waals surface area (Å²) in [6.45, 7) is 4.36. The molecule has 4 heteroatoms. The van der Waals surface area contributed by atoms with Crippen molar-refractivity contribution in [2.24, 2.45) is 11.8 Å². The van der Waals surface area contributed by atoms with Crippen LogP contribution in [-0.2, 0) is 0 Å². The van der Waals surface area contributed by atoms with E-state index in [1.807, 2.05) is 18.2 Å². The Hall–Kier alpha value is -0.0900. The van der Waals surface area contributed by atoms with Gasteiger partial charge in [0.05, 0.1) is 11.1 Å². The van der Waals surface area contributed by atoms with Gasteiger partial charge in [-0.15, -0.1) is 0 Å². The lowest BCUT2D eigenvalue weighted by Gasteiger charge is -2.24. The number of hydrazine groups is 1. The van der Waals surface area contributed by atoms with Gasteiger partial charge in [-0.25, -0.2) is 0 Å². The van der Waals surface area contributed by atoms with Gasteiger partial charge in [0.15, 0.2) is 0 Å². The van der Waals surface area contributed by atoms with Crippen molar-refractivity contribution in [1.29, 1.82) is 0 Å². The normalized spacial score (nSPS) is 14.8. The highest BCUT2D eigenvalue weighted by molar-refractivity contribution is 9.10. The molecule has 0 aliphatic heterocycles. The first-order valence-corrected chi connectivity index (χ1v) is 6.69. The molecule has 1 rings (SSSR count). The summed E-state index contributed by atoms with van der Waals surface area (Å²) in [7, 11) is 0. The average molecular weight is 306 g/mol. The molecule has 0 amide bonds. The van der Waals surface area contributed by atoms with Gasteiger partial charge in [0.1, 0.15) is 0 Å². The summed E-state index contributed by atoms with van der Waals surface area (Å²) in [5.74, 6) is 6.09. The fourth-order valence-corrected chi connectivity index (χ4v) is 2.57. The average Bonchev–Trinajstić information content (AvgIpc) is 2.25. The molecule has 0 saturated carbocycles. The van der Waals surface area contributed by atoms with E-state index in [9.17, 15) is 0 Å². The Balaban J connectivity index is 2.99. The van der Waals surface area contributed by atoms with Crippen molar-refractivity contribution in [2.75, 3.05) is 0 Å². The molecule has 0 aromatic heterocycles. The third-order valence-corrected chi connectivity index (χ3v) is 4.12. The van der Waals surface area contributed by atoms with Gasteiger partial charge >= 0.3 is 0 Å². The Kier molecular flexibility index (Phi) is 5.76. The molecule has 1 aromatic carbocycles. The standard InChI is InChI=1S/C12H18BrClN2/c1-3-5-8(2)12(16-15)9-6-4-7-10(13)11(9)14/h4,6-8,12,16H,3,5,15H2,1-2H3. The molecule has 3 N–H and O–H groups in total. The number of nitrogens with two attached hydrogens (primary N) is 1. The van der Waals surface area contributed by atoms with Crippen LogP contribution >= 0.6 is 27.5 Å². The molecule has 0 saturated heterocycles. The van der Waals surface area contributed by atoms with Crippen LogP contribution in [0.2, 0.25) is 5.02 Å². The third kappa shape index (κ3) is 3.20. The van der Waals surface area contributed by atoms with Crippen molar-refractivity contribution in [1.82, 2.24) is 5.43 Å². The van der Waals surface area contributed by atoms with Crippen molar-refractivity contribution in [2.45, 2.75) is 32.7 Å². The predicted molar refractivity (Wildman–Crippen MR) is 73.3 cm³/mol. The molecule has 1 aromatic rings. The van der Waals surface area contributed by atoms with E-state index in [2.05, 4.69) is 35.2 Å². The van der Waals surface area contributed by atoms with Gasteiger partial charge in [0.2, 0.25) is 0 Å². The molecular formula is C12H18BrClN2. The molecule has 0 heterocycles. The van der Waals surface area contributed by atoms with Crippen LogP contribution in [0.15, 0.2) is 22.7 Å². The maximum Gasteiger partial charge on any atom is 0.0596 e. The fourth-order valence-electron chi connectivity index (χ4n) is 1.94. The molecule has 2 atom stereocenters. The van der Waals surface area contributed by atoms with E-state index in [0.717, 1.165) is 27.9 Å². The zero-order chi connectivity index (χ0) is 12.1. The van der Waals surface area contributed by atoms with E-state index in [4.69, 9.17) is 17.4 Å². The van der Waals surface area contributed by atoms with E-state index in [-0.39, 0.29) is 6.04 Å². The van der Waals surface area contributed by atoms with Crippen LogP contribution in [-0.4, -0.2) is 0 Å². The summed E-state index contributed by atoms with van der Waals surface area (Å²) < 4.78 is 0.913. The molecule has 2 unspecified atom stereocenters. The SMILES string of the molecule is CCCC(C)C(NN)c1cccc(Br)c1Cl. The maximum atomic E-state index is 6.27. The number of hydrogen-bond acceptors (Lipinski definition) is 2. The van der Waals surface area contributed by atoms with Gasteiger partial charge in [-0.2, -0.15) is 0 Å². The van der Waals surface area contributed by atoms with Gasteiger partial charge in [-0.1, -0.05) is 44.0 Å². The smallest absolute Gasteiger partial charge is 0.0596 e. The molecule has 90 valence electrons. The van der Waals surface area contributed by atoms with E-state index in [0.29, 0.717) is 5.92 Å². The van der Waals surface area contributed by atoms with Crippen molar-refractivity contribution in [3.8, 4) is 0 Å². The predicted octanol–water partition coefficient (Wildman–Crippen LogP) is 4.04. The molecule has 2 nitrogen and oxygen atoms in total. The second kappa shape index (κ2) is 6.60. The van der Waals surface area contributed by atoms with Crippen LogP contribution in [0.4, 0.5) is 0 Å². The quantitative estimate of drug-likeness (QED) is 0.636. The Morgan fingerprint density at radius 2 is 2.19 bits per heavy atom. The minimum atomic E-state index is 0.102. The van der Waals surface area contributed by atoms with Crippen molar-refractivity contribution >= 4 is 27.5 Å². The summed E-state index contributed by atoms with van der Waals surface area (Å²) in [6.07, 6.45) is 2.27. The molecule has 0 fully saturated rings. The van der Waals surface area contributed by atoms with E-state index in [1.54, 1.807) is 0 Å². The maximum absolute atomic E-state index is 6.27. The number of halogens is 2. The summed E-state index contributed by atoms with van der Waals surface area (Å²) in [4.78, 5) is 0. The molecule has 0 radical (unpaired) electrons. The fraction of sp³-hybridized carbons (Fsp3) is 0.500. The first-order valence-electron chi connectivity index (χ1n) is 5.51. The van der Waals surface area contributed by atoms with E-state index >= 15 is 0 Å². The van der Waals surface area contributed by atoms with Gasteiger partial charge in [-0.3, -0.25) is 11.3 Å². The Morgan fingerprint density at radius 3 is 2.75 bits per heavy atom. The topological polar surface area (TPSA) is 38.0 Å². The third-order valence-electron chi connectivity index (χ3n) is 2.81. The highest BCUT2D eigenvalue weighted by Crippen LogP contribution is 2.34. The zero-order valence-electron chi connectivity index (χ0n) is 9.63. The molecule has 16 heavy (non-hydrogen) atoms. The second-order valence-corrected chi connectivity index (χ2v) is 5.29. The van der Waals surface area contributed by atoms with Gasteiger partial charge < -0.3 is 0 Å². The van der Waals surface area contributed by atoms with Crippen molar-refractivity contribution < 1.29 is 0 Å². The van der Waals surface area contributed by atoms with Gasteiger partial charge in [-0.05, 0) is 39.9 Å². The summed E-state index contributed by atoms with van der Waals surface area (Å²) in [6, 6.07) is 6.03. The summed E-state index contributed by atoms with van der Waals surface area (Å²) >= 11 is 9.70. The van der Waals surface area contributed by atoms with Gasteiger partial charge in [0.25, 0.3) is 0 Å². The van der Waals surface area contributed by atoms with Crippen LogP contribution in [0.5, 0.6) is 0 Å². The van der Waals surface area contributed by atoms with E-state index < -0.39 is 0 Å². The number of hydrogen-bond donors (Lipinski definition) is 2. The molecule has 0 aliphatic carbocycles. The highest BCUT2D eigenvalue weighted by Gasteiger charge is 2.20. The number of rotatable bonds is 5. The Labute approximate surface area is 111 Å². The Morgan fingerprint density at radius 1 is 1.50 bits per heavy atom. The lowest BCUT2D eigenvalue weighted by Crippen LogP contribution is -2.32. The molecule has 0 bridgehead atoms. The summed E-state index contributed by atoms with van der Waals surface area (Å²) in [5, 5.41) is 0.744. The first kappa shape index (κ1) is 14.0. The Bertz CT molecular complexity index is 344. The minimum absolute atomic E-state index is 0.102. The van der Waals surface area contributed by atoms with Crippen LogP contribution < -0.4 is 11.3 Å². The van der Waals surface area contributed by atoms with Crippen LogP contribution in [0.3, 0.4) is 0 Å². The minimum Gasteiger partial charge on any atom is -0.271 e. The van der Waals surface area contributed by atoms with Crippen LogP contribution in [0, 0.1) is 5.92 Å². The van der Waals surface area contributed by atoms with Crippen LogP contribution in [0.1, 0.15) is 38.3 Å². The number of benzene rings is 1. The lowest BCUT2D eigenvalue weighted by atomic mass is 9.91. The number of nitrogens with one attached hydrogen (secondary N) is 1. The summed E-state index contributed by atoms with van der Waals surface area (Å²) in [5.41, 5.74) is 3.92. The van der Waals surface area contributed by atoms with Gasteiger partial charge in [0, 0.05) is 4.47 Å². The second-order valence-electron chi connectivity index (χ2n) is 4.05. The molecule has 0 aliphatic rings. The lowest BCUT2D eigenvalue weighted by molar-refractivity contribution is 0.368. The highest BCUT2D eigenvalue weighted by atomic mass is 79.9. The van der Waals surface area contributed by atoms with Crippen molar-refractivity contribution in [3.63, 3.8) is 0 Å². The largest absolute Gasteiger partial charge is 0.271 e. The monoisotopic (exact) mass is 304 g/mol.